The summed E-state index contributed by atoms with van der Waals surface area (Å²) in [6.45, 7) is 0. The topological polar surface area (TPSA) is 46.9 Å². The molecule has 2 aromatic heterocycles. The van der Waals surface area contributed by atoms with Crippen molar-refractivity contribution in [2.24, 2.45) is 0 Å². The fourth-order valence-electron chi connectivity index (χ4n) is 2.85. The van der Waals surface area contributed by atoms with Crippen LogP contribution in [-0.2, 0) is 12.8 Å². The summed E-state index contributed by atoms with van der Waals surface area (Å²) in [5.74, 6) is -0.0568. The quantitative estimate of drug-likeness (QED) is 0.886. The maximum absolute atomic E-state index is 12.5. The minimum absolute atomic E-state index is 0.0568. The molecule has 21 heavy (non-hydrogen) atoms. The molecule has 1 N–H and O–H groups in total. The van der Waals surface area contributed by atoms with Crippen LogP contribution in [-0.4, -0.2) is 15.5 Å². The lowest BCUT2D eigenvalue weighted by atomic mass is 10.0. The number of hydrogen-bond donors (Lipinski definition) is 1. The lowest BCUT2D eigenvalue weighted by Crippen LogP contribution is -2.16. The highest BCUT2D eigenvalue weighted by Crippen LogP contribution is 2.38. The zero-order valence-electron chi connectivity index (χ0n) is 11.6. The highest BCUT2D eigenvalue weighted by molar-refractivity contribution is 9.10. The van der Waals surface area contributed by atoms with Crippen molar-refractivity contribution >= 4 is 38.3 Å². The average molecular weight is 366 g/mol. The summed E-state index contributed by atoms with van der Waals surface area (Å²) >= 11 is 5.10. The molecule has 4 rings (SSSR count). The largest absolute Gasteiger partial charge is 0.339 e. The van der Waals surface area contributed by atoms with Crippen molar-refractivity contribution < 1.29 is 4.79 Å². The summed E-state index contributed by atoms with van der Waals surface area (Å²) in [6, 6.07) is 2.38. The summed E-state index contributed by atoms with van der Waals surface area (Å²) in [5.41, 5.74) is 1.90. The van der Waals surface area contributed by atoms with E-state index in [1.165, 1.54) is 23.4 Å². The first-order valence-corrected chi connectivity index (χ1v) is 8.99. The number of nitrogens with one attached hydrogen (secondary N) is 1. The van der Waals surface area contributed by atoms with E-state index in [1.54, 1.807) is 11.3 Å². The highest BCUT2D eigenvalue weighted by Gasteiger charge is 2.28. The van der Waals surface area contributed by atoms with Crippen molar-refractivity contribution in [2.75, 3.05) is 5.32 Å². The summed E-state index contributed by atoms with van der Waals surface area (Å²) in [7, 11) is 0. The molecule has 110 valence electrons. The molecule has 4 nitrogen and oxygen atoms in total. The second-order valence-electron chi connectivity index (χ2n) is 5.73. The number of halogens is 1. The van der Waals surface area contributed by atoms with Crippen molar-refractivity contribution in [3.8, 4) is 0 Å². The third-order valence-corrected chi connectivity index (χ3v) is 5.56. The molecule has 1 saturated carbocycles. The number of amides is 1. The van der Waals surface area contributed by atoms with Crippen LogP contribution < -0.4 is 5.32 Å². The number of rotatable bonds is 3. The van der Waals surface area contributed by atoms with Gasteiger partial charge in [-0.1, -0.05) is 0 Å². The van der Waals surface area contributed by atoms with Gasteiger partial charge in [0, 0.05) is 21.6 Å². The van der Waals surface area contributed by atoms with Crippen LogP contribution in [0.4, 0.5) is 5.13 Å². The summed E-state index contributed by atoms with van der Waals surface area (Å²) in [6.07, 6.45) is 8.92. The molecule has 0 aliphatic heterocycles. The van der Waals surface area contributed by atoms with E-state index in [0.717, 1.165) is 41.0 Å². The lowest BCUT2D eigenvalue weighted by Gasteiger charge is -2.06. The second-order valence-corrected chi connectivity index (χ2v) is 7.73. The van der Waals surface area contributed by atoms with E-state index in [2.05, 4.69) is 30.8 Å². The normalized spacial score (nSPS) is 17.6. The van der Waals surface area contributed by atoms with Gasteiger partial charge in [-0.2, -0.15) is 0 Å². The highest BCUT2D eigenvalue weighted by atomic mass is 79.9. The van der Waals surface area contributed by atoms with Gasteiger partial charge in [-0.15, -0.1) is 11.3 Å². The van der Waals surface area contributed by atoms with Gasteiger partial charge in [-0.3, -0.25) is 10.1 Å². The van der Waals surface area contributed by atoms with Crippen LogP contribution in [0.15, 0.2) is 16.7 Å². The van der Waals surface area contributed by atoms with Crippen LogP contribution >= 0.6 is 27.3 Å². The molecule has 1 fully saturated rings. The minimum Gasteiger partial charge on any atom is -0.339 e. The van der Waals surface area contributed by atoms with E-state index >= 15 is 0 Å². The Bertz CT molecular complexity index is 678. The third kappa shape index (κ3) is 2.66. The monoisotopic (exact) mass is 365 g/mol. The van der Waals surface area contributed by atoms with Gasteiger partial charge < -0.3 is 4.57 Å². The van der Waals surface area contributed by atoms with E-state index in [4.69, 9.17) is 0 Å². The predicted octanol–water partition coefficient (Wildman–Crippen LogP) is 4.17. The Kier molecular flexibility index (Phi) is 3.38. The Morgan fingerprint density at radius 3 is 2.95 bits per heavy atom. The van der Waals surface area contributed by atoms with Crippen LogP contribution in [0.5, 0.6) is 0 Å². The summed E-state index contributed by atoms with van der Waals surface area (Å²) < 4.78 is 3.03. The van der Waals surface area contributed by atoms with Gasteiger partial charge in [0.25, 0.3) is 5.91 Å². The molecular weight excluding hydrogens is 350 g/mol. The molecule has 2 aromatic rings. The smallest absolute Gasteiger partial charge is 0.274 e. The van der Waals surface area contributed by atoms with E-state index in [0.29, 0.717) is 6.04 Å². The molecule has 0 bridgehead atoms. The number of fused-ring (bicyclic) bond motifs is 1. The minimum atomic E-state index is -0.0568. The third-order valence-electron chi connectivity index (χ3n) is 4.05. The first-order chi connectivity index (χ1) is 10.2. The van der Waals surface area contributed by atoms with E-state index < -0.39 is 0 Å². The van der Waals surface area contributed by atoms with Crippen molar-refractivity contribution in [3.63, 3.8) is 0 Å². The molecule has 2 aliphatic rings. The molecule has 0 saturated heterocycles. The number of hydrogen-bond acceptors (Lipinski definition) is 3. The van der Waals surface area contributed by atoms with Crippen LogP contribution in [0, 0.1) is 0 Å². The van der Waals surface area contributed by atoms with Gasteiger partial charge in [0.1, 0.15) is 5.69 Å². The van der Waals surface area contributed by atoms with Gasteiger partial charge >= 0.3 is 0 Å². The van der Waals surface area contributed by atoms with Crippen molar-refractivity contribution in [3.05, 3.63) is 33.0 Å². The molecule has 2 aliphatic carbocycles. The molecule has 0 radical (unpaired) electrons. The first-order valence-electron chi connectivity index (χ1n) is 7.38. The van der Waals surface area contributed by atoms with Crippen molar-refractivity contribution in [1.82, 2.24) is 9.55 Å². The van der Waals surface area contributed by atoms with Gasteiger partial charge in [-0.05, 0) is 60.5 Å². The van der Waals surface area contributed by atoms with Crippen molar-refractivity contribution in [1.29, 1.82) is 0 Å². The molecular formula is C15H16BrN3OS. The number of thiazole rings is 1. The number of aryl methyl sites for hydroxylation is 2. The zero-order valence-corrected chi connectivity index (χ0v) is 14.0. The number of anilines is 1. The van der Waals surface area contributed by atoms with E-state index in [-0.39, 0.29) is 5.91 Å². The first kappa shape index (κ1) is 13.5. The fourth-order valence-corrected chi connectivity index (χ4v) is 4.33. The zero-order chi connectivity index (χ0) is 14.4. The fraction of sp³-hybridized carbons (Fsp3) is 0.467. The summed E-state index contributed by atoms with van der Waals surface area (Å²) in [5, 5.41) is 3.72. The van der Waals surface area contributed by atoms with Gasteiger partial charge in [-0.25, -0.2) is 4.98 Å². The molecule has 1 amide bonds. The average Bonchev–Trinajstić information content (AvgIpc) is 3.11. The van der Waals surface area contributed by atoms with Crippen LogP contribution in [0.25, 0.3) is 0 Å². The van der Waals surface area contributed by atoms with Gasteiger partial charge in [0.15, 0.2) is 5.13 Å². The summed E-state index contributed by atoms with van der Waals surface area (Å²) in [4.78, 5) is 18.4. The number of carbonyl (C=O) groups is 1. The van der Waals surface area contributed by atoms with E-state index in [9.17, 15) is 4.79 Å². The molecule has 0 atom stereocenters. The SMILES string of the molecule is O=C(Nc1nc2c(s1)CCCC2)c1cc(Br)cn1C1CC1. The Balaban J connectivity index is 1.56. The molecule has 0 unspecified atom stereocenters. The number of nitrogens with zero attached hydrogens (tertiary/aromatic N) is 2. The Morgan fingerprint density at radius 1 is 1.38 bits per heavy atom. The maximum Gasteiger partial charge on any atom is 0.274 e. The molecule has 0 spiro atoms. The molecule has 0 aromatic carbocycles. The maximum atomic E-state index is 12.5. The number of carbonyl (C=O) groups excluding carboxylic acids is 1. The lowest BCUT2D eigenvalue weighted by molar-refractivity contribution is 0.101. The Morgan fingerprint density at radius 2 is 2.19 bits per heavy atom. The van der Waals surface area contributed by atoms with Crippen LogP contribution in [0.1, 0.15) is 52.8 Å². The van der Waals surface area contributed by atoms with Gasteiger partial charge in [0.05, 0.1) is 5.69 Å². The van der Waals surface area contributed by atoms with E-state index in [1.807, 2.05) is 12.3 Å². The second kappa shape index (κ2) is 5.25. The van der Waals surface area contributed by atoms with Crippen molar-refractivity contribution in [2.45, 2.75) is 44.6 Å². The Hall–Kier alpha value is -1.14. The van der Waals surface area contributed by atoms with Gasteiger partial charge in [0.2, 0.25) is 0 Å². The van der Waals surface area contributed by atoms with Crippen LogP contribution in [0.3, 0.4) is 0 Å². The van der Waals surface area contributed by atoms with Crippen LogP contribution in [0.2, 0.25) is 0 Å². The standard InChI is InChI=1S/C15H16BrN3OS/c16-9-7-12(19(8-9)10-5-6-10)14(20)18-15-17-11-3-1-2-4-13(11)21-15/h7-8,10H,1-6H2,(H,17,18,20). The molecule has 6 heteroatoms. The molecule has 2 heterocycles. The predicted molar refractivity (Wildman–Crippen MR) is 87.1 cm³/mol. The Labute approximate surface area is 135 Å². The number of aromatic nitrogens is 2.